The van der Waals surface area contributed by atoms with Crippen molar-refractivity contribution in [2.75, 3.05) is 5.32 Å². The molecule has 1 aliphatic carbocycles. The predicted octanol–water partition coefficient (Wildman–Crippen LogP) is 4.64. The molecule has 0 radical (unpaired) electrons. The van der Waals surface area contributed by atoms with Crippen molar-refractivity contribution < 1.29 is 0 Å². The molecule has 2 rings (SSSR count). The van der Waals surface area contributed by atoms with Crippen LogP contribution in [0.15, 0.2) is 18.2 Å². The first-order chi connectivity index (χ1) is 7.65. The number of hydrogen-bond acceptors (Lipinski definition) is 1. The fourth-order valence-corrected chi connectivity index (χ4v) is 2.66. The van der Waals surface area contributed by atoms with Crippen LogP contribution in [0.25, 0.3) is 0 Å². The van der Waals surface area contributed by atoms with Crippen molar-refractivity contribution in [2.24, 2.45) is 5.92 Å². The Bertz CT molecular complexity index is 362. The summed E-state index contributed by atoms with van der Waals surface area (Å²) in [5.41, 5.74) is 2.30. The van der Waals surface area contributed by atoms with Crippen molar-refractivity contribution in [2.45, 2.75) is 45.6 Å². The molecule has 1 aromatic carbocycles. The maximum absolute atomic E-state index is 6.12. The van der Waals surface area contributed by atoms with Crippen LogP contribution in [0.3, 0.4) is 0 Å². The summed E-state index contributed by atoms with van der Waals surface area (Å²) < 4.78 is 0. The van der Waals surface area contributed by atoms with E-state index in [0.29, 0.717) is 6.04 Å². The molecule has 0 amide bonds. The largest absolute Gasteiger partial charge is 0.382 e. The lowest BCUT2D eigenvalue weighted by atomic mass is 9.87. The summed E-state index contributed by atoms with van der Waals surface area (Å²) in [5, 5.41) is 4.45. The number of hydrogen-bond donors (Lipinski definition) is 1. The Labute approximate surface area is 103 Å². The molecule has 88 valence electrons. The van der Waals surface area contributed by atoms with E-state index in [-0.39, 0.29) is 0 Å². The molecule has 2 unspecified atom stereocenters. The smallest absolute Gasteiger partial charge is 0.0455 e. The first-order valence-electron chi connectivity index (χ1n) is 6.18. The minimum Gasteiger partial charge on any atom is -0.382 e. The average molecular weight is 238 g/mol. The van der Waals surface area contributed by atoms with Gasteiger partial charge in [0.15, 0.2) is 0 Å². The van der Waals surface area contributed by atoms with Crippen molar-refractivity contribution in [3.63, 3.8) is 0 Å². The first-order valence-corrected chi connectivity index (χ1v) is 6.55. The van der Waals surface area contributed by atoms with Crippen LogP contribution in [0.2, 0.25) is 5.02 Å². The number of benzene rings is 1. The van der Waals surface area contributed by atoms with Crippen LogP contribution >= 0.6 is 11.6 Å². The normalized spacial score (nSPS) is 25.4. The Kier molecular flexibility index (Phi) is 3.75. The predicted molar refractivity (Wildman–Crippen MR) is 71.2 cm³/mol. The summed E-state index contributed by atoms with van der Waals surface area (Å²) in [4.78, 5) is 0. The van der Waals surface area contributed by atoms with Crippen LogP contribution in [0.5, 0.6) is 0 Å². The maximum Gasteiger partial charge on any atom is 0.0455 e. The van der Waals surface area contributed by atoms with Gasteiger partial charge in [-0.25, -0.2) is 0 Å². The Morgan fingerprint density at radius 2 is 2.12 bits per heavy atom. The lowest BCUT2D eigenvalue weighted by molar-refractivity contribution is 0.358. The molecule has 1 aromatic rings. The van der Waals surface area contributed by atoms with Gasteiger partial charge in [0.1, 0.15) is 0 Å². The van der Waals surface area contributed by atoms with Crippen molar-refractivity contribution in [3.05, 3.63) is 28.8 Å². The van der Waals surface area contributed by atoms with Gasteiger partial charge in [0.05, 0.1) is 0 Å². The zero-order valence-corrected chi connectivity index (χ0v) is 10.8. The molecule has 0 heterocycles. The average Bonchev–Trinajstić information content (AvgIpc) is 2.24. The van der Waals surface area contributed by atoms with Crippen LogP contribution in [0, 0.1) is 12.8 Å². The fourth-order valence-electron chi connectivity index (χ4n) is 2.48. The van der Waals surface area contributed by atoms with E-state index in [4.69, 9.17) is 11.6 Å². The van der Waals surface area contributed by atoms with Gasteiger partial charge in [-0.15, -0.1) is 0 Å². The van der Waals surface area contributed by atoms with E-state index in [9.17, 15) is 0 Å². The standard InChI is InChI=1S/C14H20ClN/c1-10-4-3-5-12(8-10)16-13-7-6-11(2)14(15)9-13/h6-7,9-10,12,16H,3-5,8H2,1-2H3. The molecule has 2 atom stereocenters. The SMILES string of the molecule is Cc1ccc(NC2CCCC(C)C2)cc1Cl. The topological polar surface area (TPSA) is 12.0 Å². The summed E-state index contributed by atoms with van der Waals surface area (Å²) in [5.74, 6) is 0.854. The van der Waals surface area contributed by atoms with Crippen molar-refractivity contribution in [3.8, 4) is 0 Å². The Morgan fingerprint density at radius 1 is 1.31 bits per heavy atom. The van der Waals surface area contributed by atoms with E-state index < -0.39 is 0 Å². The second kappa shape index (κ2) is 5.09. The van der Waals surface area contributed by atoms with E-state index in [2.05, 4.69) is 24.4 Å². The van der Waals surface area contributed by atoms with Gasteiger partial charge in [0.25, 0.3) is 0 Å². The highest BCUT2D eigenvalue weighted by molar-refractivity contribution is 6.31. The number of nitrogens with one attached hydrogen (secondary N) is 1. The number of rotatable bonds is 2. The van der Waals surface area contributed by atoms with Gasteiger partial charge in [0.2, 0.25) is 0 Å². The molecule has 1 N–H and O–H groups in total. The molecular formula is C14H20ClN. The van der Waals surface area contributed by atoms with E-state index in [1.54, 1.807) is 0 Å². The van der Waals surface area contributed by atoms with Crippen molar-refractivity contribution in [1.82, 2.24) is 0 Å². The fraction of sp³-hybridized carbons (Fsp3) is 0.571. The number of aryl methyl sites for hydroxylation is 1. The van der Waals surface area contributed by atoms with Gasteiger partial charge in [-0.05, 0) is 43.4 Å². The van der Waals surface area contributed by atoms with E-state index >= 15 is 0 Å². The molecule has 1 fully saturated rings. The molecule has 1 saturated carbocycles. The molecular weight excluding hydrogens is 218 g/mol. The van der Waals surface area contributed by atoms with Crippen molar-refractivity contribution >= 4 is 17.3 Å². The Hall–Kier alpha value is -0.690. The molecule has 0 aliphatic heterocycles. The Morgan fingerprint density at radius 3 is 2.81 bits per heavy atom. The van der Waals surface area contributed by atoms with Crippen LogP contribution < -0.4 is 5.32 Å². The van der Waals surface area contributed by atoms with E-state index in [1.807, 2.05) is 13.0 Å². The highest BCUT2D eigenvalue weighted by atomic mass is 35.5. The van der Waals surface area contributed by atoms with Crippen LogP contribution in [-0.2, 0) is 0 Å². The zero-order valence-electron chi connectivity index (χ0n) is 10.1. The summed E-state index contributed by atoms with van der Waals surface area (Å²) in [6.45, 7) is 4.38. The molecule has 1 nitrogen and oxygen atoms in total. The second-order valence-corrected chi connectivity index (χ2v) is 5.48. The maximum atomic E-state index is 6.12. The third-order valence-electron chi connectivity index (χ3n) is 3.48. The lowest BCUT2D eigenvalue weighted by Gasteiger charge is -2.28. The van der Waals surface area contributed by atoms with Gasteiger partial charge in [-0.1, -0.05) is 37.4 Å². The monoisotopic (exact) mass is 237 g/mol. The lowest BCUT2D eigenvalue weighted by Crippen LogP contribution is -2.26. The van der Waals surface area contributed by atoms with E-state index in [1.165, 1.54) is 25.7 Å². The third kappa shape index (κ3) is 2.91. The van der Waals surface area contributed by atoms with Crippen LogP contribution in [-0.4, -0.2) is 6.04 Å². The molecule has 0 saturated heterocycles. The first kappa shape index (κ1) is 11.8. The van der Waals surface area contributed by atoms with Gasteiger partial charge < -0.3 is 5.32 Å². The van der Waals surface area contributed by atoms with Crippen LogP contribution in [0.4, 0.5) is 5.69 Å². The van der Waals surface area contributed by atoms with Gasteiger partial charge >= 0.3 is 0 Å². The van der Waals surface area contributed by atoms with Crippen molar-refractivity contribution in [1.29, 1.82) is 0 Å². The molecule has 0 spiro atoms. The zero-order chi connectivity index (χ0) is 11.5. The Balaban J connectivity index is 2.00. The number of halogens is 1. The minimum atomic E-state index is 0.627. The molecule has 0 aromatic heterocycles. The van der Waals surface area contributed by atoms with Gasteiger partial charge in [0, 0.05) is 16.8 Å². The third-order valence-corrected chi connectivity index (χ3v) is 3.89. The molecule has 1 aliphatic rings. The summed E-state index contributed by atoms with van der Waals surface area (Å²) in [6.07, 6.45) is 5.30. The quantitative estimate of drug-likeness (QED) is 0.790. The highest BCUT2D eigenvalue weighted by Crippen LogP contribution is 2.27. The minimum absolute atomic E-state index is 0.627. The van der Waals surface area contributed by atoms with Crippen LogP contribution in [0.1, 0.15) is 38.2 Å². The van der Waals surface area contributed by atoms with E-state index in [0.717, 1.165) is 22.2 Å². The number of anilines is 1. The van der Waals surface area contributed by atoms with Gasteiger partial charge in [-0.3, -0.25) is 0 Å². The second-order valence-electron chi connectivity index (χ2n) is 5.08. The summed E-state index contributed by atoms with van der Waals surface area (Å²) >= 11 is 6.12. The molecule has 16 heavy (non-hydrogen) atoms. The highest BCUT2D eigenvalue weighted by Gasteiger charge is 2.18. The summed E-state index contributed by atoms with van der Waals surface area (Å²) in [6, 6.07) is 6.87. The van der Waals surface area contributed by atoms with Gasteiger partial charge in [-0.2, -0.15) is 0 Å². The summed E-state index contributed by atoms with van der Waals surface area (Å²) in [7, 11) is 0. The molecule has 0 bridgehead atoms. The molecule has 2 heteroatoms.